The maximum atomic E-state index is 12.2. The second kappa shape index (κ2) is 15.8. The van der Waals surface area contributed by atoms with Crippen LogP contribution in [0.15, 0.2) is 24.3 Å². The minimum Gasteiger partial charge on any atom is -0.504 e. The van der Waals surface area contributed by atoms with E-state index < -0.39 is 22.4 Å². The number of hydrogen-bond acceptors (Lipinski definition) is 10. The van der Waals surface area contributed by atoms with Gasteiger partial charge in [0.1, 0.15) is 23.4 Å². The van der Waals surface area contributed by atoms with Crippen molar-refractivity contribution in [2.24, 2.45) is 39.4 Å². The van der Waals surface area contributed by atoms with Gasteiger partial charge in [-0.25, -0.2) is 0 Å². The predicted octanol–water partition coefficient (Wildman–Crippen LogP) is 9.20. The Morgan fingerprint density at radius 2 is 1.13 bits per heavy atom. The molecule has 0 amide bonds. The van der Waals surface area contributed by atoms with Gasteiger partial charge in [0.05, 0.1) is 11.2 Å². The lowest BCUT2D eigenvalue weighted by atomic mass is 9.33. The smallest absolute Gasteiger partial charge is 0.165 e. The lowest BCUT2D eigenvalue weighted by molar-refractivity contribution is -0.312. The number of phenolic OH excluding ortho intramolecular Hbond substituents is 2. The Morgan fingerprint density at radius 3 is 1.62 bits per heavy atom. The summed E-state index contributed by atoms with van der Waals surface area (Å²) in [7, 11) is 3.63. The Labute approximate surface area is 422 Å². The number of piperidine rings is 2. The van der Waals surface area contributed by atoms with Gasteiger partial charge in [0.15, 0.2) is 23.0 Å². The van der Waals surface area contributed by atoms with E-state index in [1.807, 2.05) is 27.0 Å². The van der Waals surface area contributed by atoms with Crippen LogP contribution >= 0.6 is 27.0 Å². The summed E-state index contributed by atoms with van der Waals surface area (Å²) in [5.74, 6) is 2.69. The van der Waals surface area contributed by atoms with Crippen molar-refractivity contribution in [2.45, 2.75) is 205 Å². The molecule has 2 aromatic rings. The summed E-state index contributed by atoms with van der Waals surface area (Å²) in [6.45, 7) is 20.1. The Kier molecular flexibility index (Phi) is 12.2. The van der Waals surface area contributed by atoms with Crippen molar-refractivity contribution in [2.75, 3.05) is 33.9 Å². The molecule has 8 bridgehead atoms. The molecule has 12 heteroatoms. The maximum absolute atomic E-state index is 12.2. The fourth-order valence-electron chi connectivity index (χ4n) is 18.1. The van der Waals surface area contributed by atoms with Crippen molar-refractivity contribution in [3.05, 3.63) is 46.5 Å². The topological polar surface area (TPSA) is 133 Å². The number of nitrogens with zero attached hydrogens (tertiary/aromatic N) is 1. The lowest BCUT2D eigenvalue weighted by Gasteiger charge is -2.75. The number of phenols is 2. The summed E-state index contributed by atoms with van der Waals surface area (Å²) in [5.41, 5.74) is 1.44. The summed E-state index contributed by atoms with van der Waals surface area (Å²) < 4.78 is 26.7. The molecule has 5 N–H and O–H groups in total. The number of benzene rings is 2. The van der Waals surface area contributed by atoms with Gasteiger partial charge in [-0.2, -0.15) is 27.0 Å². The van der Waals surface area contributed by atoms with Crippen molar-refractivity contribution in [1.82, 2.24) is 10.2 Å². The number of rotatable bonds is 6. The van der Waals surface area contributed by atoms with Gasteiger partial charge in [-0.3, -0.25) is 4.90 Å². The number of aromatic hydroxyl groups is 2. The summed E-state index contributed by atoms with van der Waals surface area (Å²) in [6, 6.07) is 8.72. The van der Waals surface area contributed by atoms with Gasteiger partial charge in [-0.1, -0.05) is 68.5 Å². The van der Waals surface area contributed by atoms with Crippen LogP contribution in [0, 0.1) is 39.4 Å². The molecular formula is C56H88N2O8S2. The van der Waals surface area contributed by atoms with Crippen LogP contribution in [0.25, 0.3) is 0 Å². The fraction of sp³-hybridized carbons (Fsp3) is 0.786. The third-order valence-corrected chi connectivity index (χ3v) is 22.2. The molecule has 68 heavy (non-hydrogen) atoms. The molecule has 10 nitrogen and oxygen atoms in total. The Balaban J connectivity index is 0.000000175. The van der Waals surface area contributed by atoms with Gasteiger partial charge in [0.2, 0.25) is 0 Å². The van der Waals surface area contributed by atoms with Gasteiger partial charge in [0, 0.05) is 77.5 Å². The molecule has 9 aliphatic carbocycles. The van der Waals surface area contributed by atoms with Crippen LogP contribution in [0.2, 0.25) is 0 Å². The van der Waals surface area contributed by atoms with Gasteiger partial charge in [0.25, 0.3) is 0 Å². The van der Waals surface area contributed by atoms with E-state index in [1.165, 1.54) is 41.6 Å². The molecule has 0 aromatic heterocycles. The van der Waals surface area contributed by atoms with Crippen LogP contribution in [0.4, 0.5) is 0 Å². The molecule has 15 rings (SSSR count). The molecule has 4 heterocycles. The highest BCUT2D eigenvalue weighted by Gasteiger charge is 2.84. The van der Waals surface area contributed by atoms with E-state index in [1.54, 1.807) is 13.2 Å². The third-order valence-electron chi connectivity index (χ3n) is 22.2. The van der Waals surface area contributed by atoms with Crippen LogP contribution in [-0.4, -0.2) is 106 Å². The van der Waals surface area contributed by atoms with Crippen LogP contribution in [-0.2, 0) is 33.1 Å². The number of methoxy groups -OCH3 is 2. The van der Waals surface area contributed by atoms with E-state index in [0.717, 1.165) is 83.2 Å². The zero-order valence-electron chi connectivity index (χ0n) is 41.3. The Bertz CT molecular complexity index is 2320. The lowest BCUT2D eigenvalue weighted by Crippen LogP contribution is -2.83. The van der Waals surface area contributed by atoms with Crippen molar-refractivity contribution >= 4 is 27.0 Å². The Hall–Kier alpha value is -1.90. The van der Waals surface area contributed by atoms with Crippen molar-refractivity contribution in [3.8, 4) is 23.0 Å². The standard InChI is InChI=1S/C29H41NO4.C25H35NO4.2CH4.2H2S/c1-25(2,3)26(4,32)20-15-27-10-11-29(20,33-5)24-28(27)12-13-30(16-17-6-7-17)21(27)14-18-8-9-19(31)23(34-24)22(18)28;1-21(2,3)22(4,28)16-13-23-8-9-25(16,29-5)20-24(23)10-11-26-17(23)12-14-6-7-15(27)19(30-20)18(14)24;;;;/h8-9,17,20-21,24,31-32H,6-7,10-16H2,1-5H3;6-7,16-17,20,26-28H,8-13H2,1-5H3;2*1H4;2*1H2/t20?,21?,24?,26-,27+,28?,29+;16?,17?,20?,22-,23+,24?,25+;;;;/m00..../s1. The minimum atomic E-state index is -0.910. The van der Waals surface area contributed by atoms with Crippen molar-refractivity contribution < 1.29 is 39.4 Å². The van der Waals surface area contributed by atoms with E-state index in [-0.39, 0.29) is 110 Å². The van der Waals surface area contributed by atoms with Crippen LogP contribution in [0.1, 0.15) is 157 Å². The number of ether oxygens (including phenoxy) is 4. The van der Waals surface area contributed by atoms with Gasteiger partial charge < -0.3 is 44.7 Å². The zero-order chi connectivity index (χ0) is 45.2. The highest BCUT2D eigenvalue weighted by molar-refractivity contribution is 7.59. The molecule has 4 spiro atoms. The maximum Gasteiger partial charge on any atom is 0.165 e. The largest absolute Gasteiger partial charge is 0.504 e. The second-order valence-electron chi connectivity index (χ2n) is 25.6. The predicted molar refractivity (Wildman–Crippen MR) is 278 cm³/mol. The molecule has 382 valence electrons. The number of nitrogens with one attached hydrogen (secondary N) is 1. The average molecular weight is 981 g/mol. The van der Waals surface area contributed by atoms with E-state index in [4.69, 9.17) is 18.9 Å². The van der Waals surface area contributed by atoms with E-state index in [9.17, 15) is 20.4 Å². The molecule has 9 fully saturated rings. The average Bonchev–Trinajstić information content (AvgIpc) is 3.87. The van der Waals surface area contributed by atoms with E-state index >= 15 is 0 Å². The quantitative estimate of drug-likeness (QED) is 0.191. The van der Waals surface area contributed by atoms with Gasteiger partial charge in [-0.15, -0.1) is 0 Å². The molecule has 0 radical (unpaired) electrons. The number of hydrogen-bond donors (Lipinski definition) is 5. The number of fused-ring (bicyclic) bond motifs is 4. The number of aliphatic hydroxyl groups is 2. The first kappa shape index (κ1) is 52.4. The summed E-state index contributed by atoms with van der Waals surface area (Å²) >= 11 is 0. The van der Waals surface area contributed by atoms with Crippen LogP contribution < -0.4 is 14.8 Å². The first-order chi connectivity index (χ1) is 30.1. The summed E-state index contributed by atoms with van der Waals surface area (Å²) in [6.07, 6.45) is 12.3. The SMILES string of the molecule is C.C.CO[C@]12CC[C@@]3(CC1[C@](C)(O)C(C)(C)C)C1Cc4ccc(O)c5c4C3(CCN1)C2O5.CO[C@]12CC[C@@]3(CC1[C@](C)(O)C(C)(C)C)C1Cc4ccc(O)c5c4C3(CCN1CC1CC1)C2O5.S.S. The first-order valence-corrected chi connectivity index (χ1v) is 25.1. The zero-order valence-corrected chi connectivity index (χ0v) is 43.3. The van der Waals surface area contributed by atoms with Crippen LogP contribution in [0.5, 0.6) is 23.0 Å². The van der Waals surface area contributed by atoms with Gasteiger partial charge >= 0.3 is 0 Å². The Morgan fingerprint density at radius 1 is 0.662 bits per heavy atom. The monoisotopic (exact) mass is 981 g/mol. The van der Waals surface area contributed by atoms with Gasteiger partial charge in [-0.05, 0) is 144 Å². The first-order valence-electron chi connectivity index (χ1n) is 25.1. The highest BCUT2D eigenvalue weighted by atomic mass is 32.1. The van der Waals surface area contributed by atoms with E-state index in [2.05, 4.69) is 63.9 Å². The normalized spacial score (nSPS) is 41.8. The summed E-state index contributed by atoms with van der Waals surface area (Å²) in [4.78, 5) is 2.82. The molecule has 14 atom stereocenters. The van der Waals surface area contributed by atoms with Crippen molar-refractivity contribution in [3.63, 3.8) is 0 Å². The summed E-state index contributed by atoms with van der Waals surface area (Å²) in [5, 5.41) is 49.8. The third kappa shape index (κ3) is 5.78. The molecule has 7 saturated carbocycles. The van der Waals surface area contributed by atoms with Crippen LogP contribution in [0.3, 0.4) is 0 Å². The molecule has 13 aliphatic rings. The molecule has 2 aromatic carbocycles. The molecule has 4 aliphatic heterocycles. The van der Waals surface area contributed by atoms with E-state index in [0.29, 0.717) is 23.6 Å². The fourth-order valence-corrected chi connectivity index (χ4v) is 18.1. The molecule has 8 unspecified atom stereocenters. The molecular weight excluding hydrogens is 893 g/mol. The minimum absolute atomic E-state index is 0. The number of likely N-dealkylation sites (tertiary alicyclic amines) is 1. The van der Waals surface area contributed by atoms with Crippen molar-refractivity contribution in [1.29, 1.82) is 0 Å². The highest BCUT2D eigenvalue weighted by Crippen LogP contribution is 2.79. The molecule has 2 saturated heterocycles. The second-order valence-corrected chi connectivity index (χ2v) is 25.6.